The van der Waals surface area contributed by atoms with Crippen LogP contribution in [-0.2, 0) is 6.54 Å². The predicted octanol–water partition coefficient (Wildman–Crippen LogP) is 6.50. The van der Waals surface area contributed by atoms with Gasteiger partial charge < -0.3 is 0 Å². The van der Waals surface area contributed by atoms with E-state index in [9.17, 15) is 0 Å². The van der Waals surface area contributed by atoms with Crippen molar-refractivity contribution in [3.05, 3.63) is 12.1 Å². The summed E-state index contributed by atoms with van der Waals surface area (Å²) >= 11 is -4.00. The van der Waals surface area contributed by atoms with Crippen LogP contribution in [0.2, 0.25) is 29.6 Å². The van der Waals surface area contributed by atoms with Gasteiger partial charge in [0.2, 0.25) is 0 Å². The van der Waals surface area contributed by atoms with Crippen molar-refractivity contribution in [3.8, 4) is 0 Å². The van der Waals surface area contributed by atoms with E-state index >= 15 is 0 Å². The maximum absolute atomic E-state index is 2.80. The quantitative estimate of drug-likeness (QED) is 0.192. The minimum atomic E-state index is -2.00. The minimum absolute atomic E-state index is 1.29. The third kappa shape index (κ3) is 9.08. The number of unbranched alkanes of at least 4 members (excludes halogenated alkanes) is 9. The van der Waals surface area contributed by atoms with Crippen LogP contribution < -0.4 is 7.42 Å². The van der Waals surface area contributed by atoms with Crippen molar-refractivity contribution in [1.82, 2.24) is 4.57 Å². The summed E-state index contributed by atoms with van der Waals surface area (Å²) in [5.41, 5.74) is 0. The van der Waals surface area contributed by atoms with Gasteiger partial charge in [0, 0.05) is 0 Å². The van der Waals surface area contributed by atoms with Gasteiger partial charge in [-0.2, -0.15) is 0 Å². The van der Waals surface area contributed by atoms with Gasteiger partial charge in [0.1, 0.15) is 0 Å². The molecule has 0 bridgehead atoms. The molecule has 146 valence electrons. The third-order valence-electron chi connectivity index (χ3n) is 5.25. The fraction of sp³-hybridized carbons (Fsp3) is 0.818. The zero-order chi connectivity index (χ0) is 18.9. The summed E-state index contributed by atoms with van der Waals surface area (Å²) in [6.07, 6.45) is 14.3. The molecule has 0 spiro atoms. The van der Waals surface area contributed by atoms with E-state index in [2.05, 4.69) is 53.3 Å². The molecule has 0 N–H and O–H groups in total. The van der Waals surface area contributed by atoms with E-state index in [1.54, 1.807) is 7.42 Å². The normalized spacial score (nSPS) is 12.8. The number of nitrogens with zero attached hydrogens (tertiary/aromatic N) is 1. The third-order valence-corrected chi connectivity index (χ3v) is 16.5. The van der Waals surface area contributed by atoms with Crippen molar-refractivity contribution >= 4 is 44.2 Å². The Morgan fingerprint density at radius 3 is 1.32 bits per heavy atom. The molecule has 25 heavy (non-hydrogen) atoms. The van der Waals surface area contributed by atoms with Gasteiger partial charge in [0.25, 0.3) is 0 Å². The molecule has 0 amide bonds. The van der Waals surface area contributed by atoms with Crippen LogP contribution in [0.15, 0.2) is 12.1 Å². The van der Waals surface area contributed by atoms with Crippen LogP contribution in [0.1, 0.15) is 71.1 Å². The summed E-state index contributed by atoms with van der Waals surface area (Å²) in [6.45, 7) is 3.59. The van der Waals surface area contributed by atoms with E-state index in [0.29, 0.717) is 0 Å². The SMILES string of the molecule is CCCCCCCCCCCCn1[c]([Sn]([CH3])([CH3])[CH3])cc[c]1[Sn]([CH3])([CH3])[CH3]. The molecule has 3 heteroatoms. The summed E-state index contributed by atoms with van der Waals surface area (Å²) in [5.74, 6) is 0. The molecular formula is C22H45NSn2. The van der Waals surface area contributed by atoms with E-state index < -0.39 is 36.8 Å². The van der Waals surface area contributed by atoms with E-state index in [-0.39, 0.29) is 0 Å². The Labute approximate surface area is 167 Å². The Balaban J connectivity index is 2.40. The summed E-state index contributed by atoms with van der Waals surface area (Å²) in [4.78, 5) is 15.4. The fourth-order valence-corrected chi connectivity index (χ4v) is 14.0. The van der Waals surface area contributed by atoms with Gasteiger partial charge in [0.05, 0.1) is 0 Å². The molecule has 1 aromatic heterocycles. The van der Waals surface area contributed by atoms with Gasteiger partial charge in [-0.15, -0.1) is 0 Å². The molecule has 0 unspecified atom stereocenters. The second-order valence-electron chi connectivity index (χ2n) is 9.94. The molecule has 0 atom stereocenters. The summed E-state index contributed by atoms with van der Waals surface area (Å²) in [6, 6.07) is 5.01. The molecule has 1 rings (SSSR count). The number of rotatable bonds is 13. The van der Waals surface area contributed by atoms with Gasteiger partial charge >= 0.3 is 155 Å². The van der Waals surface area contributed by atoms with Crippen molar-refractivity contribution in [2.24, 2.45) is 0 Å². The van der Waals surface area contributed by atoms with Gasteiger partial charge in [-0.25, -0.2) is 0 Å². The van der Waals surface area contributed by atoms with Crippen molar-refractivity contribution in [2.75, 3.05) is 0 Å². The van der Waals surface area contributed by atoms with E-state index in [1.165, 1.54) is 70.8 Å². The number of aromatic nitrogens is 1. The molecule has 0 aliphatic carbocycles. The van der Waals surface area contributed by atoms with Gasteiger partial charge in [-0.3, -0.25) is 0 Å². The Morgan fingerprint density at radius 2 is 0.960 bits per heavy atom. The molecule has 0 aliphatic heterocycles. The van der Waals surface area contributed by atoms with Crippen LogP contribution in [0, 0.1) is 0 Å². The fourth-order valence-electron chi connectivity index (χ4n) is 3.78. The zero-order valence-corrected chi connectivity index (χ0v) is 24.1. The van der Waals surface area contributed by atoms with Crippen LogP contribution in [0.3, 0.4) is 0 Å². The first-order valence-corrected chi connectivity index (χ1v) is 30.9. The molecule has 1 nitrogen and oxygen atoms in total. The van der Waals surface area contributed by atoms with Crippen molar-refractivity contribution in [3.63, 3.8) is 0 Å². The number of hydrogen-bond donors (Lipinski definition) is 0. The standard InChI is InChI=1S/C16H27N.6CH3.2Sn/c1-2-3-4-5-6-7-8-9-10-11-14-17-15-12-13-16-17;;;;;;;;/h12-13H,2-11,14H2,1H3;6*1H3;;. The Hall–Kier alpha value is 0.877. The molecule has 1 heterocycles. The molecule has 0 fully saturated rings. The summed E-state index contributed by atoms with van der Waals surface area (Å²) in [5, 5.41) is 0. The van der Waals surface area contributed by atoms with E-state index in [4.69, 9.17) is 0 Å². The van der Waals surface area contributed by atoms with Crippen molar-refractivity contribution in [2.45, 2.75) is 107 Å². The Morgan fingerprint density at radius 1 is 0.600 bits per heavy atom. The molecule has 1 aromatic rings. The van der Waals surface area contributed by atoms with E-state index in [1.807, 2.05) is 0 Å². The second kappa shape index (κ2) is 11.7. The molecule has 0 aliphatic rings. The van der Waals surface area contributed by atoms with Gasteiger partial charge in [-0.05, 0) is 0 Å². The first-order valence-electron chi connectivity index (χ1n) is 10.9. The zero-order valence-electron chi connectivity index (χ0n) is 18.4. The topological polar surface area (TPSA) is 4.93 Å². The Kier molecular flexibility index (Phi) is 11.2. The van der Waals surface area contributed by atoms with Gasteiger partial charge in [0.15, 0.2) is 0 Å². The van der Waals surface area contributed by atoms with Crippen LogP contribution in [-0.4, -0.2) is 41.3 Å². The first-order chi connectivity index (χ1) is 11.7. The molecule has 0 radical (unpaired) electrons. The molecule has 0 saturated heterocycles. The summed E-state index contributed by atoms with van der Waals surface area (Å²) < 4.78 is 6.32. The first kappa shape index (κ1) is 23.9. The molecule has 0 saturated carbocycles. The number of hydrogen-bond acceptors (Lipinski definition) is 0. The van der Waals surface area contributed by atoms with Crippen LogP contribution >= 0.6 is 0 Å². The summed E-state index contributed by atoms with van der Waals surface area (Å²) in [7, 11) is 0. The van der Waals surface area contributed by atoms with Crippen LogP contribution in [0.5, 0.6) is 0 Å². The van der Waals surface area contributed by atoms with Crippen molar-refractivity contribution < 1.29 is 0 Å². The van der Waals surface area contributed by atoms with Crippen LogP contribution in [0.4, 0.5) is 0 Å². The monoisotopic (exact) mass is 563 g/mol. The van der Waals surface area contributed by atoms with E-state index in [0.717, 1.165) is 0 Å². The average molecular weight is 561 g/mol. The average Bonchev–Trinajstić information content (AvgIpc) is 2.93. The molecular weight excluding hydrogens is 516 g/mol. The second-order valence-corrected chi connectivity index (χ2v) is 38.5. The Bertz CT molecular complexity index is 446. The van der Waals surface area contributed by atoms with Crippen LogP contribution in [0.25, 0.3) is 0 Å². The van der Waals surface area contributed by atoms with Crippen molar-refractivity contribution in [1.29, 1.82) is 0 Å². The van der Waals surface area contributed by atoms with Gasteiger partial charge in [-0.1, -0.05) is 13.3 Å². The maximum atomic E-state index is 2.80. The molecule has 0 aromatic carbocycles. The predicted molar refractivity (Wildman–Crippen MR) is 122 cm³/mol.